The third kappa shape index (κ3) is 3.02. The van der Waals surface area contributed by atoms with Gasteiger partial charge in [-0.25, -0.2) is 0 Å². The van der Waals surface area contributed by atoms with Crippen LogP contribution < -0.4 is 19.8 Å². The smallest absolute Gasteiger partial charge is 0.253 e. The minimum Gasteiger partial charge on any atom is -0.493 e. The van der Waals surface area contributed by atoms with Crippen molar-refractivity contribution < 1.29 is 19.0 Å². The fourth-order valence-corrected chi connectivity index (χ4v) is 4.28. The highest BCUT2D eigenvalue weighted by Gasteiger charge is 2.45. The number of ether oxygens (including phenoxy) is 3. The Balaban J connectivity index is 1.67. The Morgan fingerprint density at radius 2 is 1.96 bits per heavy atom. The molecule has 2 aromatic rings. The van der Waals surface area contributed by atoms with E-state index in [1.54, 1.807) is 19.2 Å². The first-order chi connectivity index (χ1) is 12.6. The fourth-order valence-electron chi connectivity index (χ4n) is 3.16. The van der Waals surface area contributed by atoms with E-state index >= 15 is 0 Å². The average molecular weight is 368 g/mol. The van der Waals surface area contributed by atoms with Crippen molar-refractivity contribution in [3.05, 3.63) is 35.8 Å². The summed E-state index contributed by atoms with van der Waals surface area (Å²) in [4.78, 5) is 21.0. The van der Waals surface area contributed by atoms with Crippen LogP contribution in [0.1, 0.15) is 28.9 Å². The Labute approximate surface area is 157 Å². The quantitative estimate of drug-likeness (QED) is 0.601. The molecule has 6 nitrogen and oxygen atoms in total. The molecule has 1 fully saturated rings. The summed E-state index contributed by atoms with van der Waals surface area (Å²) < 4.78 is 17.8. The van der Waals surface area contributed by atoms with Crippen molar-refractivity contribution >= 4 is 31.0 Å². The molecule has 0 saturated carbocycles. The van der Waals surface area contributed by atoms with E-state index in [0.717, 1.165) is 24.3 Å². The van der Waals surface area contributed by atoms with E-state index < -0.39 is 5.79 Å². The molecular formula is C18H17BN2O4S. The van der Waals surface area contributed by atoms with Gasteiger partial charge in [0.05, 0.1) is 24.8 Å². The summed E-state index contributed by atoms with van der Waals surface area (Å²) in [5, 5.41) is 0. The van der Waals surface area contributed by atoms with Crippen molar-refractivity contribution in [1.29, 1.82) is 0 Å². The largest absolute Gasteiger partial charge is 0.493 e. The van der Waals surface area contributed by atoms with Gasteiger partial charge < -0.3 is 14.2 Å². The zero-order chi connectivity index (χ0) is 18.1. The zero-order valence-corrected chi connectivity index (χ0v) is 15.2. The van der Waals surface area contributed by atoms with Gasteiger partial charge in [-0.1, -0.05) is 0 Å². The van der Waals surface area contributed by atoms with Crippen LogP contribution in [0.15, 0.2) is 24.5 Å². The van der Waals surface area contributed by atoms with E-state index in [4.69, 9.17) is 22.1 Å². The van der Waals surface area contributed by atoms with Crippen molar-refractivity contribution in [2.24, 2.45) is 0 Å². The summed E-state index contributed by atoms with van der Waals surface area (Å²) in [7, 11) is 7.38. The van der Waals surface area contributed by atoms with Crippen LogP contribution in [-0.2, 0) is 6.42 Å². The SMILES string of the molecule is [B]c1nccnc1CC(=O)c1ccc(OC)c2c1OC1(CCSCC1)O2. The number of carbonyl (C=O) groups excluding carboxylic acids is 1. The van der Waals surface area contributed by atoms with Crippen LogP contribution in [0.25, 0.3) is 0 Å². The molecule has 0 aliphatic carbocycles. The minimum atomic E-state index is -0.706. The van der Waals surface area contributed by atoms with E-state index in [1.807, 2.05) is 11.8 Å². The van der Waals surface area contributed by atoms with Gasteiger partial charge in [-0.3, -0.25) is 14.8 Å². The van der Waals surface area contributed by atoms with Gasteiger partial charge in [-0.2, -0.15) is 11.8 Å². The van der Waals surface area contributed by atoms with Gasteiger partial charge in [0.15, 0.2) is 17.3 Å². The number of carbonyl (C=O) groups is 1. The van der Waals surface area contributed by atoms with Crippen LogP contribution in [0.5, 0.6) is 17.2 Å². The van der Waals surface area contributed by atoms with Crippen LogP contribution >= 0.6 is 11.8 Å². The van der Waals surface area contributed by atoms with E-state index in [-0.39, 0.29) is 17.8 Å². The molecular weight excluding hydrogens is 351 g/mol. The van der Waals surface area contributed by atoms with Gasteiger partial charge in [-0.15, -0.1) is 0 Å². The molecule has 0 unspecified atom stereocenters. The number of hydrogen-bond donors (Lipinski definition) is 0. The fraction of sp³-hybridized carbons (Fsp3) is 0.389. The highest BCUT2D eigenvalue weighted by molar-refractivity contribution is 7.99. The summed E-state index contributed by atoms with van der Waals surface area (Å²) in [6.07, 6.45) is 4.59. The van der Waals surface area contributed by atoms with Gasteiger partial charge in [0.2, 0.25) is 5.75 Å². The second kappa shape index (κ2) is 6.83. The number of Topliss-reactive ketones (excluding diaryl/α,β-unsaturated/α-hetero) is 1. The number of thioether (sulfide) groups is 1. The number of hydrogen-bond acceptors (Lipinski definition) is 7. The highest BCUT2D eigenvalue weighted by atomic mass is 32.2. The standard InChI is InChI=1S/C18H17BN2O4S/c1-23-14-3-2-11(13(22)10-12-17(19)21-7-6-20-12)15-16(14)25-18(24-15)4-8-26-9-5-18/h2-3,6-7H,4-5,8-10H2,1H3. The molecule has 1 saturated heterocycles. The molecule has 2 radical (unpaired) electrons. The molecule has 132 valence electrons. The lowest BCUT2D eigenvalue weighted by Crippen LogP contribution is -2.42. The van der Waals surface area contributed by atoms with Crippen molar-refractivity contribution in [3.63, 3.8) is 0 Å². The first-order valence-electron chi connectivity index (χ1n) is 8.37. The molecule has 0 bridgehead atoms. The molecule has 3 heterocycles. The van der Waals surface area contributed by atoms with Crippen molar-refractivity contribution in [2.45, 2.75) is 25.0 Å². The Morgan fingerprint density at radius 3 is 2.69 bits per heavy atom. The Kier molecular flexibility index (Phi) is 4.52. The zero-order valence-electron chi connectivity index (χ0n) is 14.4. The van der Waals surface area contributed by atoms with Gasteiger partial charge in [0, 0.05) is 42.3 Å². The Bertz CT molecular complexity index is 855. The summed E-state index contributed by atoms with van der Waals surface area (Å²) in [5.74, 6) is 2.56. The number of nitrogens with zero attached hydrogens (tertiary/aromatic N) is 2. The molecule has 0 amide bonds. The molecule has 0 atom stereocenters. The first-order valence-corrected chi connectivity index (χ1v) is 9.53. The number of fused-ring (bicyclic) bond motifs is 1. The number of rotatable bonds is 4. The topological polar surface area (TPSA) is 70.5 Å². The molecule has 1 aromatic carbocycles. The van der Waals surface area contributed by atoms with Gasteiger partial charge in [0.1, 0.15) is 7.85 Å². The van der Waals surface area contributed by atoms with Crippen molar-refractivity contribution in [1.82, 2.24) is 9.97 Å². The molecule has 2 aliphatic heterocycles. The molecule has 0 N–H and O–H groups in total. The normalized spacial score (nSPS) is 17.3. The molecule has 2 aliphatic rings. The maximum Gasteiger partial charge on any atom is 0.253 e. The predicted octanol–water partition coefficient (Wildman–Crippen LogP) is 1.70. The van der Waals surface area contributed by atoms with Crippen LogP contribution in [0, 0.1) is 0 Å². The average Bonchev–Trinajstić information content (AvgIpc) is 3.01. The maximum absolute atomic E-state index is 12.9. The summed E-state index contributed by atoms with van der Waals surface area (Å²) >= 11 is 1.87. The Morgan fingerprint density at radius 1 is 1.23 bits per heavy atom. The lowest BCUT2D eigenvalue weighted by atomic mass is 9.96. The summed E-state index contributed by atoms with van der Waals surface area (Å²) in [5.41, 5.74) is 1.15. The number of benzene rings is 1. The molecule has 26 heavy (non-hydrogen) atoms. The molecule has 8 heteroatoms. The Hall–Kier alpha value is -2.22. The van der Waals surface area contributed by atoms with Gasteiger partial charge in [0.25, 0.3) is 5.79 Å². The highest BCUT2D eigenvalue weighted by Crippen LogP contribution is 2.51. The molecule has 1 aromatic heterocycles. The third-order valence-corrected chi connectivity index (χ3v) is 5.55. The first kappa shape index (κ1) is 17.2. The van der Waals surface area contributed by atoms with Gasteiger partial charge in [-0.05, 0) is 12.1 Å². The van der Waals surface area contributed by atoms with E-state index in [1.165, 1.54) is 12.4 Å². The van der Waals surface area contributed by atoms with Crippen LogP contribution in [0.3, 0.4) is 0 Å². The third-order valence-electron chi connectivity index (χ3n) is 4.56. The van der Waals surface area contributed by atoms with E-state index in [9.17, 15) is 4.79 Å². The van der Waals surface area contributed by atoms with Crippen molar-refractivity contribution in [2.75, 3.05) is 18.6 Å². The number of methoxy groups -OCH3 is 1. The predicted molar refractivity (Wildman–Crippen MR) is 99.0 cm³/mol. The lowest BCUT2D eigenvalue weighted by Gasteiger charge is -2.31. The number of ketones is 1. The van der Waals surface area contributed by atoms with Crippen molar-refractivity contribution in [3.8, 4) is 17.2 Å². The number of aromatic nitrogens is 2. The molecule has 1 spiro atoms. The monoisotopic (exact) mass is 368 g/mol. The van der Waals surface area contributed by atoms with E-state index in [2.05, 4.69) is 9.97 Å². The van der Waals surface area contributed by atoms with Crippen LogP contribution in [-0.4, -0.2) is 48.0 Å². The van der Waals surface area contributed by atoms with Crippen LogP contribution in [0.2, 0.25) is 0 Å². The maximum atomic E-state index is 12.9. The summed E-state index contributed by atoms with van der Waals surface area (Å²) in [6, 6.07) is 3.43. The van der Waals surface area contributed by atoms with E-state index in [0.29, 0.717) is 28.5 Å². The minimum absolute atomic E-state index is 0.0463. The molecule has 4 rings (SSSR count). The summed E-state index contributed by atoms with van der Waals surface area (Å²) in [6.45, 7) is 0. The van der Waals surface area contributed by atoms with Crippen LogP contribution in [0.4, 0.5) is 0 Å². The lowest BCUT2D eigenvalue weighted by molar-refractivity contribution is -0.0852. The van der Waals surface area contributed by atoms with Gasteiger partial charge >= 0.3 is 0 Å². The second-order valence-corrected chi connectivity index (χ2v) is 7.41. The second-order valence-electron chi connectivity index (χ2n) is 6.19.